The highest BCUT2D eigenvalue weighted by molar-refractivity contribution is 5.24. The van der Waals surface area contributed by atoms with Crippen LogP contribution in [-0.4, -0.2) is 25.4 Å². The molecule has 2 unspecified atom stereocenters. The molecule has 0 saturated carbocycles. The first-order valence-corrected chi connectivity index (χ1v) is 7.31. The Morgan fingerprint density at radius 3 is 2.33 bits per heavy atom. The first-order valence-electron chi connectivity index (χ1n) is 7.31. The van der Waals surface area contributed by atoms with E-state index in [0.29, 0.717) is 0 Å². The Morgan fingerprint density at radius 1 is 1.19 bits per heavy atom. The number of benzene rings is 1. The van der Waals surface area contributed by atoms with E-state index in [2.05, 4.69) is 5.32 Å². The summed E-state index contributed by atoms with van der Waals surface area (Å²) in [6.45, 7) is 6.35. The number of nitrogens with one attached hydrogen (secondary N) is 1. The van der Waals surface area contributed by atoms with Crippen molar-refractivity contribution in [3.8, 4) is 0 Å². The molecule has 0 radical (unpaired) electrons. The van der Waals surface area contributed by atoms with E-state index < -0.39 is 12.6 Å². The average Bonchev–Trinajstić information content (AvgIpc) is 2.39. The number of hydrogen-bond acceptors (Lipinski definition) is 2. The maximum atomic E-state index is 12.2. The van der Waals surface area contributed by atoms with Gasteiger partial charge in [0.1, 0.15) is 0 Å². The Morgan fingerprint density at radius 2 is 1.81 bits per heavy atom. The quantitative estimate of drug-likeness (QED) is 0.769. The fourth-order valence-electron chi connectivity index (χ4n) is 2.09. The molecular weight excluding hydrogens is 279 g/mol. The Kier molecular flexibility index (Phi) is 7.18. The Hall–Kier alpha value is -1.07. The highest BCUT2D eigenvalue weighted by Gasteiger charge is 2.28. The highest BCUT2D eigenvalue weighted by atomic mass is 19.4. The van der Waals surface area contributed by atoms with Crippen LogP contribution in [0.4, 0.5) is 13.2 Å². The van der Waals surface area contributed by atoms with Gasteiger partial charge in [0, 0.05) is 0 Å². The number of aryl methyl sites for hydroxylation is 1. The van der Waals surface area contributed by atoms with E-state index in [1.807, 2.05) is 45.0 Å². The highest BCUT2D eigenvalue weighted by Crippen LogP contribution is 2.23. The van der Waals surface area contributed by atoms with Crippen LogP contribution in [0.2, 0.25) is 0 Å². The first kappa shape index (κ1) is 18.0. The molecule has 1 N–H and O–H groups in total. The van der Waals surface area contributed by atoms with Crippen LogP contribution in [0.3, 0.4) is 0 Å². The zero-order valence-electron chi connectivity index (χ0n) is 12.8. The normalized spacial score (nSPS) is 15.0. The molecule has 0 aliphatic carbocycles. The molecule has 0 spiro atoms. The molecule has 0 amide bonds. The summed E-state index contributed by atoms with van der Waals surface area (Å²) < 4.78 is 41.9. The van der Waals surface area contributed by atoms with Crippen molar-refractivity contribution in [1.29, 1.82) is 0 Å². The minimum absolute atomic E-state index is 0.0983. The predicted octanol–water partition coefficient (Wildman–Crippen LogP) is 4.39. The minimum atomic E-state index is -4.17. The van der Waals surface area contributed by atoms with Crippen molar-refractivity contribution in [3.63, 3.8) is 0 Å². The van der Waals surface area contributed by atoms with Crippen LogP contribution in [0, 0.1) is 6.92 Å². The molecule has 21 heavy (non-hydrogen) atoms. The van der Waals surface area contributed by atoms with Crippen LogP contribution in [0.1, 0.15) is 43.9 Å². The van der Waals surface area contributed by atoms with Gasteiger partial charge in [-0.05, 0) is 32.4 Å². The molecule has 0 fully saturated rings. The maximum Gasteiger partial charge on any atom is 0.391 e. The van der Waals surface area contributed by atoms with Crippen molar-refractivity contribution in [2.75, 3.05) is 13.2 Å². The average molecular weight is 303 g/mol. The van der Waals surface area contributed by atoms with Gasteiger partial charge in [0.05, 0.1) is 25.2 Å². The SMILES string of the molecule is CCCNC(c1ccc(C)cc1)C(C)OCCC(F)(F)F. The second-order valence-electron chi connectivity index (χ2n) is 5.28. The summed E-state index contributed by atoms with van der Waals surface area (Å²) in [6, 6.07) is 7.88. The molecule has 1 aromatic carbocycles. The number of ether oxygens (including phenoxy) is 1. The zero-order chi connectivity index (χ0) is 15.9. The number of rotatable bonds is 8. The van der Waals surface area contributed by atoms with Crippen molar-refractivity contribution < 1.29 is 17.9 Å². The lowest BCUT2D eigenvalue weighted by molar-refractivity contribution is -0.149. The molecule has 0 aromatic heterocycles. The molecule has 0 bridgehead atoms. The van der Waals surface area contributed by atoms with Gasteiger partial charge in [-0.25, -0.2) is 0 Å². The van der Waals surface area contributed by atoms with Gasteiger partial charge >= 0.3 is 6.18 Å². The first-order chi connectivity index (χ1) is 9.83. The molecular formula is C16H24F3NO. The molecule has 0 aliphatic heterocycles. The Balaban J connectivity index is 2.65. The van der Waals surface area contributed by atoms with Crippen LogP contribution in [0.5, 0.6) is 0 Å². The van der Waals surface area contributed by atoms with Gasteiger partial charge in [-0.15, -0.1) is 0 Å². The molecule has 5 heteroatoms. The van der Waals surface area contributed by atoms with Crippen molar-refractivity contribution in [2.45, 2.75) is 51.9 Å². The van der Waals surface area contributed by atoms with Gasteiger partial charge < -0.3 is 10.1 Å². The van der Waals surface area contributed by atoms with E-state index >= 15 is 0 Å². The van der Waals surface area contributed by atoms with Crippen molar-refractivity contribution in [2.24, 2.45) is 0 Å². The lowest BCUT2D eigenvalue weighted by Gasteiger charge is -2.26. The van der Waals surface area contributed by atoms with E-state index in [1.54, 1.807) is 0 Å². The second kappa shape index (κ2) is 8.39. The second-order valence-corrected chi connectivity index (χ2v) is 5.28. The zero-order valence-corrected chi connectivity index (χ0v) is 12.8. The lowest BCUT2D eigenvalue weighted by atomic mass is 10.0. The number of halogens is 3. The van der Waals surface area contributed by atoms with Gasteiger partial charge in [-0.1, -0.05) is 36.8 Å². The minimum Gasteiger partial charge on any atom is -0.376 e. The van der Waals surface area contributed by atoms with Crippen molar-refractivity contribution in [1.82, 2.24) is 5.32 Å². The summed E-state index contributed by atoms with van der Waals surface area (Å²) in [5.41, 5.74) is 2.19. The van der Waals surface area contributed by atoms with Gasteiger partial charge in [-0.3, -0.25) is 0 Å². The summed E-state index contributed by atoms with van der Waals surface area (Å²) >= 11 is 0. The summed E-state index contributed by atoms with van der Waals surface area (Å²) in [5, 5.41) is 3.35. The molecule has 0 saturated heterocycles. The van der Waals surface area contributed by atoms with Crippen LogP contribution in [-0.2, 0) is 4.74 Å². The van der Waals surface area contributed by atoms with Crippen molar-refractivity contribution in [3.05, 3.63) is 35.4 Å². The largest absolute Gasteiger partial charge is 0.391 e. The third-order valence-corrected chi connectivity index (χ3v) is 3.29. The molecule has 2 nitrogen and oxygen atoms in total. The van der Waals surface area contributed by atoms with Gasteiger partial charge in [-0.2, -0.15) is 13.2 Å². The lowest BCUT2D eigenvalue weighted by Crippen LogP contribution is -2.33. The molecule has 0 aliphatic rings. The van der Waals surface area contributed by atoms with E-state index in [4.69, 9.17) is 4.74 Å². The molecule has 120 valence electrons. The molecule has 1 rings (SSSR count). The number of hydrogen-bond donors (Lipinski definition) is 1. The topological polar surface area (TPSA) is 21.3 Å². The third-order valence-electron chi connectivity index (χ3n) is 3.29. The molecule has 2 atom stereocenters. The standard InChI is InChI=1S/C16H24F3NO/c1-4-10-20-15(14-7-5-12(2)6-8-14)13(3)21-11-9-16(17,18)19/h5-8,13,15,20H,4,9-11H2,1-3H3. The Bertz CT molecular complexity index is 403. The van der Waals surface area contributed by atoms with E-state index in [-0.39, 0.29) is 18.8 Å². The van der Waals surface area contributed by atoms with Gasteiger partial charge in [0.25, 0.3) is 0 Å². The predicted molar refractivity (Wildman–Crippen MR) is 78.3 cm³/mol. The summed E-state index contributed by atoms with van der Waals surface area (Å²) in [7, 11) is 0. The van der Waals surface area contributed by atoms with Crippen LogP contribution < -0.4 is 5.32 Å². The van der Waals surface area contributed by atoms with Crippen LogP contribution >= 0.6 is 0 Å². The molecule has 0 heterocycles. The van der Waals surface area contributed by atoms with Gasteiger partial charge in [0.2, 0.25) is 0 Å². The maximum absolute atomic E-state index is 12.2. The monoisotopic (exact) mass is 303 g/mol. The van der Waals surface area contributed by atoms with Crippen LogP contribution in [0.25, 0.3) is 0 Å². The molecule has 1 aromatic rings. The third kappa shape index (κ3) is 6.96. The summed E-state index contributed by atoms with van der Waals surface area (Å²) in [4.78, 5) is 0. The summed E-state index contributed by atoms with van der Waals surface area (Å²) in [5.74, 6) is 0. The van der Waals surface area contributed by atoms with E-state index in [9.17, 15) is 13.2 Å². The number of alkyl halides is 3. The Labute approximate surface area is 124 Å². The summed E-state index contributed by atoms with van der Waals surface area (Å²) in [6.07, 6.45) is -4.44. The van der Waals surface area contributed by atoms with Crippen molar-refractivity contribution >= 4 is 0 Å². The van der Waals surface area contributed by atoms with E-state index in [0.717, 1.165) is 24.1 Å². The fraction of sp³-hybridized carbons (Fsp3) is 0.625. The van der Waals surface area contributed by atoms with Gasteiger partial charge in [0.15, 0.2) is 0 Å². The smallest absolute Gasteiger partial charge is 0.376 e. The fourth-order valence-corrected chi connectivity index (χ4v) is 2.09. The van der Waals surface area contributed by atoms with Crippen LogP contribution in [0.15, 0.2) is 24.3 Å². The van der Waals surface area contributed by atoms with E-state index in [1.165, 1.54) is 0 Å².